The van der Waals surface area contributed by atoms with E-state index in [2.05, 4.69) is 9.72 Å². The normalized spacial score (nSPS) is 10.3. The van der Waals surface area contributed by atoms with E-state index in [9.17, 15) is 8.78 Å². The number of pyridine rings is 1. The van der Waals surface area contributed by atoms with Crippen molar-refractivity contribution in [2.45, 2.75) is 6.43 Å². The van der Waals surface area contributed by atoms with E-state index in [1.165, 1.54) is 19.2 Å². The van der Waals surface area contributed by atoms with Crippen LogP contribution in [0.3, 0.4) is 0 Å². The van der Waals surface area contributed by atoms with Crippen LogP contribution in [0, 0.1) is 0 Å². The summed E-state index contributed by atoms with van der Waals surface area (Å²) in [6, 6.07) is 2.77. The molecule has 0 bridgehead atoms. The minimum Gasteiger partial charge on any atom is -0.495 e. The summed E-state index contributed by atoms with van der Waals surface area (Å²) in [6.07, 6.45) is -2.66. The maximum Gasteiger partial charge on any atom is 0.284 e. The van der Waals surface area contributed by atoms with Gasteiger partial charge in [-0.15, -0.1) is 0 Å². The zero-order valence-corrected chi connectivity index (χ0v) is 6.42. The molecule has 1 aromatic heterocycles. The topological polar surface area (TPSA) is 48.1 Å². The van der Waals surface area contributed by atoms with E-state index >= 15 is 0 Å². The lowest BCUT2D eigenvalue weighted by molar-refractivity contribution is 0.141. The SMILES string of the molecule is COc1ccc(N)nc1C(F)F. The molecule has 0 aliphatic rings. The molecule has 1 aromatic rings. The van der Waals surface area contributed by atoms with Gasteiger partial charge in [-0.3, -0.25) is 0 Å². The number of rotatable bonds is 2. The van der Waals surface area contributed by atoms with Gasteiger partial charge in [0.1, 0.15) is 11.6 Å². The number of methoxy groups -OCH3 is 1. The number of hydrogen-bond acceptors (Lipinski definition) is 3. The zero-order valence-electron chi connectivity index (χ0n) is 6.42. The van der Waals surface area contributed by atoms with Crippen LogP contribution in [0.1, 0.15) is 12.1 Å². The Bertz CT molecular complexity index is 278. The minimum absolute atomic E-state index is 0.0548. The molecule has 0 saturated heterocycles. The average molecular weight is 174 g/mol. The van der Waals surface area contributed by atoms with E-state index in [4.69, 9.17) is 5.73 Å². The van der Waals surface area contributed by atoms with Crippen LogP contribution in [0.5, 0.6) is 5.75 Å². The Labute approximate surface area is 68.2 Å². The Morgan fingerprint density at radius 2 is 2.17 bits per heavy atom. The third kappa shape index (κ3) is 1.61. The van der Waals surface area contributed by atoms with Gasteiger partial charge in [-0.05, 0) is 12.1 Å². The molecular formula is C7H8F2N2O. The molecule has 0 radical (unpaired) electrons. The summed E-state index contributed by atoms with van der Waals surface area (Å²) in [7, 11) is 1.30. The van der Waals surface area contributed by atoms with Crippen LogP contribution >= 0.6 is 0 Å². The van der Waals surface area contributed by atoms with Gasteiger partial charge in [0.25, 0.3) is 6.43 Å². The Morgan fingerprint density at radius 3 is 2.67 bits per heavy atom. The molecule has 0 unspecified atom stereocenters. The average Bonchev–Trinajstić information content (AvgIpc) is 2.04. The highest BCUT2D eigenvalue weighted by Crippen LogP contribution is 2.27. The van der Waals surface area contributed by atoms with Gasteiger partial charge in [0.15, 0.2) is 5.69 Å². The van der Waals surface area contributed by atoms with Gasteiger partial charge in [-0.1, -0.05) is 0 Å². The zero-order chi connectivity index (χ0) is 9.14. The monoisotopic (exact) mass is 174 g/mol. The largest absolute Gasteiger partial charge is 0.495 e. The first-order valence-electron chi connectivity index (χ1n) is 3.23. The van der Waals surface area contributed by atoms with E-state index in [0.717, 1.165) is 0 Å². The van der Waals surface area contributed by atoms with Crippen molar-refractivity contribution in [2.24, 2.45) is 0 Å². The molecule has 0 aromatic carbocycles. The van der Waals surface area contributed by atoms with Crippen molar-refractivity contribution in [3.8, 4) is 5.75 Å². The van der Waals surface area contributed by atoms with E-state index in [0.29, 0.717) is 0 Å². The molecule has 0 atom stereocenters. The highest BCUT2D eigenvalue weighted by Gasteiger charge is 2.15. The number of hydrogen-bond donors (Lipinski definition) is 1. The van der Waals surface area contributed by atoms with Gasteiger partial charge >= 0.3 is 0 Å². The second-order valence-electron chi connectivity index (χ2n) is 2.12. The van der Waals surface area contributed by atoms with Crippen molar-refractivity contribution in [3.05, 3.63) is 17.8 Å². The quantitative estimate of drug-likeness (QED) is 0.740. The summed E-state index contributed by atoms with van der Waals surface area (Å²) in [4.78, 5) is 3.45. The molecule has 1 rings (SSSR count). The summed E-state index contributed by atoms with van der Waals surface area (Å²) in [5.41, 5.74) is 4.80. The van der Waals surface area contributed by atoms with Crippen molar-refractivity contribution in [1.29, 1.82) is 0 Å². The minimum atomic E-state index is -2.66. The van der Waals surface area contributed by atoms with Crippen LogP contribution in [0.25, 0.3) is 0 Å². The van der Waals surface area contributed by atoms with Crippen LogP contribution in [-0.4, -0.2) is 12.1 Å². The number of alkyl halides is 2. The standard InChI is InChI=1S/C7H8F2N2O/c1-12-4-2-3-5(10)11-6(4)7(8)9/h2-3,7H,1H3,(H2,10,11). The maximum absolute atomic E-state index is 12.2. The third-order valence-corrected chi connectivity index (χ3v) is 1.33. The molecule has 0 saturated carbocycles. The van der Waals surface area contributed by atoms with Gasteiger partial charge in [0, 0.05) is 0 Å². The van der Waals surface area contributed by atoms with E-state index < -0.39 is 12.1 Å². The molecule has 0 fully saturated rings. The van der Waals surface area contributed by atoms with E-state index in [-0.39, 0.29) is 11.6 Å². The number of halogens is 2. The van der Waals surface area contributed by atoms with Crippen LogP contribution in [0.2, 0.25) is 0 Å². The van der Waals surface area contributed by atoms with Gasteiger partial charge in [0.2, 0.25) is 0 Å². The third-order valence-electron chi connectivity index (χ3n) is 1.33. The van der Waals surface area contributed by atoms with Crippen molar-refractivity contribution in [2.75, 3.05) is 12.8 Å². The lowest BCUT2D eigenvalue weighted by atomic mass is 10.3. The molecule has 12 heavy (non-hydrogen) atoms. The Balaban J connectivity index is 3.12. The molecule has 3 nitrogen and oxygen atoms in total. The van der Waals surface area contributed by atoms with Gasteiger partial charge in [0.05, 0.1) is 7.11 Å². The summed E-state index contributed by atoms with van der Waals surface area (Å²) in [5.74, 6) is 0.116. The van der Waals surface area contributed by atoms with Crippen LogP contribution < -0.4 is 10.5 Å². The summed E-state index contributed by atoms with van der Waals surface area (Å²) >= 11 is 0. The Morgan fingerprint density at radius 1 is 1.50 bits per heavy atom. The second kappa shape index (κ2) is 3.34. The highest BCUT2D eigenvalue weighted by atomic mass is 19.3. The van der Waals surface area contributed by atoms with Crippen molar-refractivity contribution in [1.82, 2.24) is 4.98 Å². The molecule has 1 heterocycles. The molecular weight excluding hydrogens is 166 g/mol. The smallest absolute Gasteiger partial charge is 0.284 e. The number of nitrogen functional groups attached to an aromatic ring is 1. The number of nitrogens with two attached hydrogens (primary N) is 1. The van der Waals surface area contributed by atoms with E-state index in [1.807, 2.05) is 0 Å². The fraction of sp³-hybridized carbons (Fsp3) is 0.286. The maximum atomic E-state index is 12.2. The van der Waals surface area contributed by atoms with Crippen molar-refractivity contribution in [3.63, 3.8) is 0 Å². The predicted octanol–water partition coefficient (Wildman–Crippen LogP) is 1.61. The number of ether oxygens (including phenoxy) is 1. The van der Waals surface area contributed by atoms with Crippen molar-refractivity contribution < 1.29 is 13.5 Å². The van der Waals surface area contributed by atoms with Gasteiger partial charge in [-0.25, -0.2) is 13.8 Å². The highest BCUT2D eigenvalue weighted by molar-refractivity contribution is 5.38. The van der Waals surface area contributed by atoms with Crippen LogP contribution in [0.4, 0.5) is 14.6 Å². The Kier molecular flexibility index (Phi) is 2.42. The molecule has 66 valence electrons. The van der Waals surface area contributed by atoms with Gasteiger partial charge < -0.3 is 10.5 Å². The van der Waals surface area contributed by atoms with E-state index in [1.54, 1.807) is 0 Å². The molecule has 5 heteroatoms. The molecule has 2 N–H and O–H groups in total. The first-order chi connectivity index (χ1) is 5.65. The first-order valence-corrected chi connectivity index (χ1v) is 3.23. The lowest BCUT2D eigenvalue weighted by Gasteiger charge is -2.06. The van der Waals surface area contributed by atoms with Crippen molar-refractivity contribution >= 4 is 5.82 Å². The Hall–Kier alpha value is -1.39. The van der Waals surface area contributed by atoms with Crippen LogP contribution in [0.15, 0.2) is 12.1 Å². The van der Waals surface area contributed by atoms with Gasteiger partial charge in [-0.2, -0.15) is 0 Å². The fourth-order valence-corrected chi connectivity index (χ4v) is 0.807. The number of aromatic nitrogens is 1. The first kappa shape index (κ1) is 8.70. The number of anilines is 1. The molecule has 0 aliphatic heterocycles. The fourth-order valence-electron chi connectivity index (χ4n) is 0.807. The second-order valence-corrected chi connectivity index (χ2v) is 2.12. The van der Waals surface area contributed by atoms with Crippen LogP contribution in [-0.2, 0) is 0 Å². The summed E-state index contributed by atoms with van der Waals surface area (Å²) < 4.78 is 29.1. The molecule has 0 amide bonds. The number of nitrogens with zero attached hydrogens (tertiary/aromatic N) is 1. The molecule has 0 aliphatic carbocycles. The summed E-state index contributed by atoms with van der Waals surface area (Å²) in [5, 5.41) is 0. The predicted molar refractivity (Wildman–Crippen MR) is 40.2 cm³/mol. The molecule has 0 spiro atoms. The summed E-state index contributed by atoms with van der Waals surface area (Å²) in [6.45, 7) is 0. The lowest BCUT2D eigenvalue weighted by Crippen LogP contribution is -1.99.